The van der Waals surface area contributed by atoms with Crippen LogP contribution < -0.4 is 15.8 Å². The Bertz CT molecular complexity index is 943. The first kappa shape index (κ1) is 16.7. The number of fused-ring (bicyclic) bond motifs is 1. The monoisotopic (exact) mass is 359 g/mol. The van der Waals surface area contributed by atoms with Crippen LogP contribution in [0.15, 0.2) is 36.7 Å². The summed E-state index contributed by atoms with van der Waals surface area (Å²) in [4.78, 5) is 26.9. The van der Waals surface area contributed by atoms with Crippen molar-refractivity contribution in [2.75, 3.05) is 18.5 Å². The number of hydrogen-bond donors (Lipinski definition) is 2. The number of carbonyl (C=O) groups is 1. The molecule has 2 aromatic heterocycles. The Hall–Kier alpha value is -3.11. The van der Waals surface area contributed by atoms with Gasteiger partial charge in [-0.1, -0.05) is 0 Å². The summed E-state index contributed by atoms with van der Waals surface area (Å²) in [6.07, 6.45) is 2.88. The number of pyridine rings is 1. The Morgan fingerprint density at radius 1 is 1.40 bits per heavy atom. The highest BCUT2D eigenvalue weighted by Crippen LogP contribution is 2.30. The number of rotatable bonds is 6. The number of ether oxygens (including phenoxy) is 1. The summed E-state index contributed by atoms with van der Waals surface area (Å²) in [6, 6.07) is 5.94. The number of nitrogens with zero attached hydrogens (tertiary/aromatic N) is 3. The molecule has 128 valence electrons. The maximum atomic E-state index is 12.5. The van der Waals surface area contributed by atoms with Gasteiger partial charge in [0.2, 0.25) is 0 Å². The van der Waals surface area contributed by atoms with Gasteiger partial charge in [0, 0.05) is 36.5 Å². The van der Waals surface area contributed by atoms with Gasteiger partial charge in [-0.3, -0.25) is 19.9 Å². The molecular weight excluding hydrogens is 346 g/mol. The number of aromatic nitrogens is 2. The third-order valence-electron chi connectivity index (χ3n) is 3.30. The number of carbonyl (C=O) groups excluding carboxylic acids is 1. The number of hydrogen-bond acceptors (Lipinski definition) is 8. The number of nitro benzene ring substituents is 1. The topological polar surface area (TPSA) is 133 Å². The summed E-state index contributed by atoms with van der Waals surface area (Å²) in [6.45, 7) is 0.569. The fourth-order valence-electron chi connectivity index (χ4n) is 2.15. The highest BCUT2D eigenvalue weighted by molar-refractivity contribution is 7.13. The molecule has 0 saturated carbocycles. The standard InChI is InChI=1S/C15H13N5O4S/c16-4-6-24-12-3-5-17-8-11(12)15(21)18-14-10-7-9(20(22)23)1-2-13(10)25-19-14/h1-3,5,7-8H,4,6,16H2,(H,18,19,21). The molecule has 0 unspecified atom stereocenters. The van der Waals surface area contributed by atoms with E-state index < -0.39 is 10.8 Å². The second-order valence-electron chi connectivity index (χ2n) is 4.93. The Morgan fingerprint density at radius 3 is 3.00 bits per heavy atom. The van der Waals surface area contributed by atoms with Crippen LogP contribution in [0.3, 0.4) is 0 Å². The van der Waals surface area contributed by atoms with Gasteiger partial charge in [0.1, 0.15) is 17.9 Å². The third kappa shape index (κ3) is 3.54. The molecule has 0 saturated heterocycles. The van der Waals surface area contributed by atoms with Crippen molar-refractivity contribution < 1.29 is 14.5 Å². The van der Waals surface area contributed by atoms with Crippen LogP contribution in [0.1, 0.15) is 10.4 Å². The lowest BCUT2D eigenvalue weighted by molar-refractivity contribution is -0.384. The summed E-state index contributed by atoms with van der Waals surface area (Å²) >= 11 is 1.14. The smallest absolute Gasteiger partial charge is 0.270 e. The van der Waals surface area contributed by atoms with E-state index in [0.717, 1.165) is 16.2 Å². The van der Waals surface area contributed by atoms with E-state index in [-0.39, 0.29) is 23.7 Å². The zero-order chi connectivity index (χ0) is 17.8. The average Bonchev–Trinajstić information content (AvgIpc) is 3.02. The van der Waals surface area contributed by atoms with Crippen LogP contribution in [0, 0.1) is 10.1 Å². The maximum Gasteiger partial charge on any atom is 0.270 e. The van der Waals surface area contributed by atoms with Crippen molar-refractivity contribution >= 4 is 39.0 Å². The van der Waals surface area contributed by atoms with E-state index in [1.165, 1.54) is 24.5 Å². The number of non-ortho nitro benzene ring substituents is 1. The van der Waals surface area contributed by atoms with E-state index >= 15 is 0 Å². The zero-order valence-corrected chi connectivity index (χ0v) is 13.7. The van der Waals surface area contributed by atoms with Gasteiger partial charge in [-0.05, 0) is 23.7 Å². The zero-order valence-electron chi connectivity index (χ0n) is 12.8. The van der Waals surface area contributed by atoms with Gasteiger partial charge < -0.3 is 15.8 Å². The Morgan fingerprint density at radius 2 is 2.24 bits per heavy atom. The van der Waals surface area contributed by atoms with E-state index in [1.54, 1.807) is 12.1 Å². The fraction of sp³-hybridized carbons (Fsp3) is 0.133. The molecule has 0 atom stereocenters. The SMILES string of the molecule is NCCOc1ccncc1C(=O)Nc1nsc2ccc([N+](=O)[O-])cc12. The first-order valence-electron chi connectivity index (χ1n) is 7.22. The number of anilines is 1. The highest BCUT2D eigenvalue weighted by atomic mass is 32.1. The van der Waals surface area contributed by atoms with Crippen molar-refractivity contribution in [3.63, 3.8) is 0 Å². The number of nitro groups is 1. The maximum absolute atomic E-state index is 12.5. The lowest BCUT2D eigenvalue weighted by Gasteiger charge is -2.09. The van der Waals surface area contributed by atoms with Gasteiger partial charge in [-0.15, -0.1) is 0 Å². The average molecular weight is 359 g/mol. The predicted octanol–water partition coefficient (Wildman–Crippen LogP) is 2.19. The van der Waals surface area contributed by atoms with Crippen molar-refractivity contribution in [3.8, 4) is 5.75 Å². The molecule has 9 nitrogen and oxygen atoms in total. The Kier molecular flexibility index (Phi) is 4.82. The molecule has 0 bridgehead atoms. The second-order valence-corrected chi connectivity index (χ2v) is 5.74. The van der Waals surface area contributed by atoms with Gasteiger partial charge in [0.05, 0.1) is 9.62 Å². The second kappa shape index (κ2) is 7.20. The van der Waals surface area contributed by atoms with Crippen molar-refractivity contribution in [3.05, 3.63) is 52.3 Å². The molecule has 0 aliphatic carbocycles. The molecule has 3 rings (SSSR count). The first-order valence-corrected chi connectivity index (χ1v) is 7.99. The number of nitrogens with one attached hydrogen (secondary N) is 1. The minimum Gasteiger partial charge on any atom is -0.491 e. The van der Waals surface area contributed by atoms with E-state index in [4.69, 9.17) is 10.5 Å². The first-order chi connectivity index (χ1) is 12.1. The molecule has 3 aromatic rings. The fourth-order valence-corrected chi connectivity index (χ4v) is 2.87. The van der Waals surface area contributed by atoms with E-state index in [0.29, 0.717) is 17.7 Å². The number of benzene rings is 1. The molecule has 1 amide bonds. The molecular formula is C15H13N5O4S. The number of nitrogens with two attached hydrogens (primary N) is 1. The van der Waals surface area contributed by atoms with E-state index in [1.807, 2.05) is 0 Å². The molecule has 0 spiro atoms. The minimum absolute atomic E-state index is 0.0726. The highest BCUT2D eigenvalue weighted by Gasteiger charge is 2.17. The third-order valence-corrected chi connectivity index (χ3v) is 4.12. The summed E-state index contributed by atoms with van der Waals surface area (Å²) in [5, 5.41) is 14.1. The largest absolute Gasteiger partial charge is 0.491 e. The van der Waals surface area contributed by atoms with Crippen LogP contribution in [0.4, 0.5) is 11.5 Å². The van der Waals surface area contributed by atoms with E-state index in [2.05, 4.69) is 14.7 Å². The quantitative estimate of drug-likeness (QED) is 0.509. The van der Waals surface area contributed by atoms with Crippen LogP contribution >= 0.6 is 11.5 Å². The molecule has 0 fully saturated rings. The van der Waals surface area contributed by atoms with Crippen LogP contribution in [0.2, 0.25) is 0 Å². The van der Waals surface area contributed by atoms with Crippen molar-refractivity contribution in [1.29, 1.82) is 0 Å². The molecule has 25 heavy (non-hydrogen) atoms. The molecule has 0 aliphatic rings. The minimum atomic E-state index is -0.497. The molecule has 2 heterocycles. The summed E-state index contributed by atoms with van der Waals surface area (Å²) < 4.78 is 10.3. The van der Waals surface area contributed by atoms with Crippen LogP contribution in [-0.4, -0.2) is 33.3 Å². The van der Waals surface area contributed by atoms with Crippen molar-refractivity contribution in [2.24, 2.45) is 5.73 Å². The summed E-state index contributed by atoms with van der Waals surface area (Å²) in [5.74, 6) is 0.129. The normalized spacial score (nSPS) is 10.6. The Balaban J connectivity index is 1.90. The summed E-state index contributed by atoms with van der Waals surface area (Å²) in [5.41, 5.74) is 5.56. The molecule has 10 heteroatoms. The van der Waals surface area contributed by atoms with Gasteiger partial charge in [-0.2, -0.15) is 4.37 Å². The van der Waals surface area contributed by atoms with Gasteiger partial charge in [0.25, 0.3) is 11.6 Å². The molecule has 3 N–H and O–H groups in total. The lowest BCUT2D eigenvalue weighted by Crippen LogP contribution is -2.16. The molecule has 0 aliphatic heterocycles. The van der Waals surface area contributed by atoms with Crippen LogP contribution in [-0.2, 0) is 0 Å². The molecule has 1 aromatic carbocycles. The van der Waals surface area contributed by atoms with Crippen molar-refractivity contribution in [2.45, 2.75) is 0 Å². The van der Waals surface area contributed by atoms with Gasteiger partial charge in [0.15, 0.2) is 5.82 Å². The predicted molar refractivity (Wildman–Crippen MR) is 93.0 cm³/mol. The van der Waals surface area contributed by atoms with Gasteiger partial charge in [-0.25, -0.2) is 0 Å². The van der Waals surface area contributed by atoms with E-state index in [9.17, 15) is 14.9 Å². The summed E-state index contributed by atoms with van der Waals surface area (Å²) in [7, 11) is 0. The van der Waals surface area contributed by atoms with Crippen LogP contribution in [0.5, 0.6) is 5.75 Å². The molecule has 0 radical (unpaired) electrons. The Labute approximate surface area is 145 Å². The lowest BCUT2D eigenvalue weighted by atomic mass is 10.2. The van der Waals surface area contributed by atoms with Crippen LogP contribution in [0.25, 0.3) is 10.1 Å². The van der Waals surface area contributed by atoms with Crippen molar-refractivity contribution in [1.82, 2.24) is 9.36 Å². The van der Waals surface area contributed by atoms with Gasteiger partial charge >= 0.3 is 0 Å². The number of amides is 1.